The van der Waals surface area contributed by atoms with Crippen LogP contribution in [-0.2, 0) is 16.3 Å². The van der Waals surface area contributed by atoms with E-state index in [1.807, 2.05) is 0 Å². The quantitative estimate of drug-likeness (QED) is 0.330. The molecule has 0 aromatic carbocycles. The Bertz CT molecular complexity index is 168. The van der Waals surface area contributed by atoms with E-state index in [0.29, 0.717) is 0 Å². The van der Waals surface area contributed by atoms with Gasteiger partial charge in [-0.3, -0.25) is 9.93 Å². The van der Waals surface area contributed by atoms with Crippen molar-refractivity contribution < 1.29 is 4.52 Å². The lowest BCUT2D eigenvalue weighted by molar-refractivity contribution is 0.611. The monoisotopic (exact) mass is 238 g/mol. The molecule has 1 atom stereocenters. The Labute approximate surface area is 79.8 Å². The molecule has 58 valence electrons. The summed E-state index contributed by atoms with van der Waals surface area (Å²) in [6.45, 7) is 0.536. The second-order valence-corrected chi connectivity index (χ2v) is 6.24. The summed E-state index contributed by atoms with van der Waals surface area (Å²) in [5, 5.41) is 7.00. The highest BCUT2D eigenvalue weighted by Crippen LogP contribution is 2.31. The summed E-state index contributed by atoms with van der Waals surface area (Å²) >= 11 is 20.5. The van der Waals surface area contributed by atoms with Gasteiger partial charge in [0, 0.05) is 0 Å². The van der Waals surface area contributed by atoms with Crippen LogP contribution in [0.2, 0.25) is 0 Å². The zero-order chi connectivity index (χ0) is 8.36. The predicted octanol–water partition coefficient (Wildman–Crippen LogP) is 2.84. The molecule has 0 aliphatic rings. The van der Waals surface area contributed by atoms with Gasteiger partial charge in [0.2, 0.25) is 11.8 Å². The lowest BCUT2D eigenvalue weighted by Gasteiger charge is -2.05. The number of rotatable bonds is 1. The van der Waals surface area contributed by atoms with Crippen molar-refractivity contribution in [2.24, 2.45) is 0 Å². The molecule has 0 saturated heterocycles. The second kappa shape index (κ2) is 4.03. The van der Waals surface area contributed by atoms with Crippen molar-refractivity contribution >= 4 is 59.4 Å². The standard InChI is InChI=1S/C3H4Cl3NOPS/c1-9(10)8-2(7)3(4,5)6/h7H,1H3/q+1. The summed E-state index contributed by atoms with van der Waals surface area (Å²) in [6.07, 6.45) is 0. The third-order valence-electron chi connectivity index (χ3n) is 0.477. The van der Waals surface area contributed by atoms with E-state index in [4.69, 9.17) is 40.2 Å². The Morgan fingerprint density at radius 2 is 2.00 bits per heavy atom. The number of nitrogens with one attached hydrogen (secondary N) is 1. The van der Waals surface area contributed by atoms with Crippen LogP contribution >= 0.6 is 41.7 Å². The molecule has 0 radical (unpaired) electrons. The molecular weight excluding hydrogens is 235 g/mol. The molecule has 0 spiro atoms. The first-order valence-electron chi connectivity index (χ1n) is 2.08. The Kier molecular flexibility index (Phi) is 4.38. The molecule has 0 bridgehead atoms. The number of halogens is 3. The highest BCUT2D eigenvalue weighted by molar-refractivity contribution is 8.02. The topological polar surface area (TPSA) is 33.1 Å². The van der Waals surface area contributed by atoms with E-state index in [9.17, 15) is 0 Å². The number of hydrogen-bond acceptors (Lipinski definition) is 3. The molecule has 2 nitrogen and oxygen atoms in total. The molecule has 0 saturated carbocycles. The lowest BCUT2D eigenvalue weighted by atomic mass is 10.8. The zero-order valence-corrected chi connectivity index (χ0v) is 8.88. The summed E-state index contributed by atoms with van der Waals surface area (Å²) in [5.74, 6) is -0.416. The van der Waals surface area contributed by atoms with Crippen LogP contribution in [0.1, 0.15) is 0 Å². The largest absolute Gasteiger partial charge is 0.386 e. The molecule has 0 aromatic rings. The van der Waals surface area contributed by atoms with Gasteiger partial charge in [0.1, 0.15) is 6.66 Å². The van der Waals surface area contributed by atoms with Crippen LogP contribution in [-0.4, -0.2) is 16.4 Å². The number of hydrogen-bond donors (Lipinski definition) is 1. The summed E-state index contributed by atoms with van der Waals surface area (Å²) in [4.78, 5) is 0. The van der Waals surface area contributed by atoms with Crippen molar-refractivity contribution in [3.63, 3.8) is 0 Å². The van der Waals surface area contributed by atoms with Crippen LogP contribution in [0.15, 0.2) is 0 Å². The van der Waals surface area contributed by atoms with E-state index in [1.54, 1.807) is 6.66 Å². The van der Waals surface area contributed by atoms with Gasteiger partial charge in [0.15, 0.2) is 0 Å². The first kappa shape index (κ1) is 10.9. The Hall–Kier alpha value is 0.860. The van der Waals surface area contributed by atoms with Gasteiger partial charge in [-0.2, -0.15) is 0 Å². The van der Waals surface area contributed by atoms with Crippen LogP contribution < -0.4 is 0 Å². The maximum absolute atomic E-state index is 7.00. The zero-order valence-electron chi connectivity index (χ0n) is 4.90. The van der Waals surface area contributed by atoms with E-state index < -0.39 is 16.6 Å². The van der Waals surface area contributed by atoms with Gasteiger partial charge in [-0.1, -0.05) is 34.8 Å². The third kappa shape index (κ3) is 4.64. The van der Waals surface area contributed by atoms with Crippen LogP contribution in [0.5, 0.6) is 0 Å². The summed E-state index contributed by atoms with van der Waals surface area (Å²) in [6, 6.07) is 0. The molecule has 0 heterocycles. The summed E-state index contributed by atoms with van der Waals surface area (Å²) in [5.41, 5.74) is 0. The minimum atomic E-state index is -1.78. The number of alkyl halides is 3. The molecule has 0 aromatic heterocycles. The first-order chi connectivity index (χ1) is 4.34. The molecule has 0 aliphatic heterocycles. The molecular formula is C3H4Cl3NOPS+. The molecule has 1 N–H and O–H groups in total. The van der Waals surface area contributed by atoms with Crippen molar-refractivity contribution in [3.05, 3.63) is 0 Å². The van der Waals surface area contributed by atoms with Crippen molar-refractivity contribution in [1.82, 2.24) is 0 Å². The van der Waals surface area contributed by atoms with Crippen LogP contribution in [0.3, 0.4) is 0 Å². The average molecular weight is 239 g/mol. The van der Waals surface area contributed by atoms with Gasteiger partial charge in [0.05, 0.1) is 0 Å². The Morgan fingerprint density at radius 3 is 2.10 bits per heavy atom. The van der Waals surface area contributed by atoms with E-state index in [1.165, 1.54) is 0 Å². The Balaban J connectivity index is 3.99. The highest BCUT2D eigenvalue weighted by Gasteiger charge is 2.32. The SMILES string of the molecule is C[P+](=S)OC(=N)C(Cl)(Cl)Cl. The van der Waals surface area contributed by atoms with Crippen molar-refractivity contribution in [3.8, 4) is 0 Å². The van der Waals surface area contributed by atoms with Gasteiger partial charge in [0.25, 0.3) is 9.69 Å². The summed E-state index contributed by atoms with van der Waals surface area (Å²) < 4.78 is 2.90. The lowest BCUT2D eigenvalue weighted by Crippen LogP contribution is -2.18. The van der Waals surface area contributed by atoms with E-state index in [-0.39, 0.29) is 0 Å². The van der Waals surface area contributed by atoms with Crippen molar-refractivity contribution in [2.75, 3.05) is 6.66 Å². The maximum atomic E-state index is 7.00. The Morgan fingerprint density at radius 1 is 1.60 bits per heavy atom. The molecule has 0 amide bonds. The average Bonchev–Trinajstić information content (AvgIpc) is 1.60. The van der Waals surface area contributed by atoms with E-state index >= 15 is 0 Å². The minimum Gasteiger partial charge on any atom is -0.263 e. The molecule has 0 rings (SSSR count). The van der Waals surface area contributed by atoms with Gasteiger partial charge >= 0.3 is 6.92 Å². The van der Waals surface area contributed by atoms with Gasteiger partial charge < -0.3 is 0 Å². The van der Waals surface area contributed by atoms with Gasteiger partial charge in [-0.05, 0) is 0 Å². The fourth-order valence-corrected chi connectivity index (χ4v) is 1.08. The minimum absolute atomic E-state index is 0.416. The molecule has 0 fully saturated rings. The van der Waals surface area contributed by atoms with Crippen molar-refractivity contribution in [2.45, 2.75) is 3.79 Å². The van der Waals surface area contributed by atoms with E-state index in [2.05, 4.69) is 16.3 Å². The third-order valence-corrected chi connectivity index (χ3v) is 1.66. The fraction of sp³-hybridized carbons (Fsp3) is 0.667. The highest BCUT2D eigenvalue weighted by atomic mass is 35.6. The van der Waals surface area contributed by atoms with Crippen LogP contribution in [0.4, 0.5) is 0 Å². The molecule has 10 heavy (non-hydrogen) atoms. The predicted molar refractivity (Wildman–Crippen MR) is 49.3 cm³/mol. The molecule has 1 unspecified atom stereocenters. The molecule has 0 aliphatic carbocycles. The van der Waals surface area contributed by atoms with Crippen molar-refractivity contribution in [1.29, 1.82) is 5.41 Å². The summed E-state index contributed by atoms with van der Waals surface area (Å²) in [7, 11) is 0. The van der Waals surface area contributed by atoms with E-state index in [0.717, 1.165) is 0 Å². The normalized spacial score (nSPS) is 12.6. The van der Waals surface area contributed by atoms with Gasteiger partial charge in [-0.15, -0.1) is 0 Å². The van der Waals surface area contributed by atoms with Crippen LogP contribution in [0.25, 0.3) is 0 Å². The van der Waals surface area contributed by atoms with Gasteiger partial charge in [-0.25, -0.2) is 0 Å². The van der Waals surface area contributed by atoms with Crippen LogP contribution in [0, 0.1) is 5.41 Å². The molecule has 7 heteroatoms. The fourth-order valence-electron chi connectivity index (χ4n) is 0.180. The second-order valence-electron chi connectivity index (χ2n) is 1.36. The maximum Gasteiger partial charge on any atom is 0.386 e. The smallest absolute Gasteiger partial charge is 0.263 e. The first-order valence-corrected chi connectivity index (χ1v) is 5.94.